The van der Waals surface area contributed by atoms with Gasteiger partial charge in [0.1, 0.15) is 11.5 Å². The van der Waals surface area contributed by atoms with Crippen molar-refractivity contribution in [3.05, 3.63) is 186 Å². The quantitative estimate of drug-likeness (QED) is 0.109. The first kappa shape index (κ1) is 38.5. The van der Waals surface area contributed by atoms with Crippen molar-refractivity contribution in [2.24, 2.45) is 5.92 Å². The molecule has 2 amide bonds. The summed E-state index contributed by atoms with van der Waals surface area (Å²) in [7, 11) is 2.15. The van der Waals surface area contributed by atoms with Crippen LogP contribution in [-0.4, -0.2) is 35.7 Å². The zero-order chi connectivity index (χ0) is 38.9. The van der Waals surface area contributed by atoms with E-state index in [9.17, 15) is 9.90 Å². The summed E-state index contributed by atoms with van der Waals surface area (Å²) in [6, 6.07) is 51.8. The van der Waals surface area contributed by atoms with Gasteiger partial charge in [0.15, 0.2) is 6.29 Å². The van der Waals surface area contributed by atoms with Crippen molar-refractivity contribution in [2.45, 2.75) is 51.5 Å². The molecule has 1 heterocycles. The van der Waals surface area contributed by atoms with Crippen LogP contribution in [-0.2, 0) is 22.6 Å². The Morgan fingerprint density at radius 3 is 2.11 bits per heavy atom. The molecule has 0 saturated carbocycles. The van der Waals surface area contributed by atoms with Gasteiger partial charge >= 0.3 is 6.03 Å². The van der Waals surface area contributed by atoms with E-state index in [4.69, 9.17) is 14.2 Å². The maximum absolute atomic E-state index is 12.8. The number of ether oxygens (including phenoxy) is 3. The molecule has 56 heavy (non-hydrogen) atoms. The standard InChI is InChI=1S/C48H49N3O5/c1-33-45(31-51(3)34(2)37-13-6-4-7-14-37)55-47(56-46(33)38-22-20-35(32-52)21-23-38)41-17-11-16-40(29-41)39-15-10-12-36(28-39)30-49-48(53)50-42-24-26-44(27-25-42)54-43-18-8-5-9-19-43/h4-29,33-34,45-47,52H,30-32H2,1-3H3,(H2,49,50,53)/t33-,34-,45+,46+,47+/m0/s1. The van der Waals surface area contributed by atoms with Crippen LogP contribution in [0.4, 0.5) is 10.5 Å². The average molecular weight is 748 g/mol. The van der Waals surface area contributed by atoms with Crippen LogP contribution in [0.15, 0.2) is 158 Å². The fraction of sp³-hybridized carbons (Fsp3) is 0.229. The second kappa shape index (κ2) is 18.2. The fourth-order valence-corrected chi connectivity index (χ4v) is 7.07. The number of benzene rings is 6. The molecule has 7 rings (SSSR count). The van der Waals surface area contributed by atoms with Crippen molar-refractivity contribution in [3.8, 4) is 22.6 Å². The van der Waals surface area contributed by atoms with Crippen molar-refractivity contribution in [3.63, 3.8) is 0 Å². The number of aliphatic hydroxyl groups excluding tert-OH is 1. The van der Waals surface area contributed by atoms with E-state index in [-0.39, 0.29) is 36.8 Å². The summed E-state index contributed by atoms with van der Waals surface area (Å²) in [5, 5.41) is 15.6. The van der Waals surface area contributed by atoms with Crippen LogP contribution in [0.1, 0.15) is 60.1 Å². The lowest BCUT2D eigenvalue weighted by atomic mass is 9.89. The molecule has 0 spiro atoms. The molecule has 6 aromatic carbocycles. The molecule has 286 valence electrons. The van der Waals surface area contributed by atoms with Gasteiger partial charge in [0.25, 0.3) is 0 Å². The molecular weight excluding hydrogens is 699 g/mol. The maximum atomic E-state index is 12.8. The van der Waals surface area contributed by atoms with Crippen LogP contribution < -0.4 is 15.4 Å². The van der Waals surface area contributed by atoms with Gasteiger partial charge in [-0.25, -0.2) is 4.79 Å². The number of aliphatic hydroxyl groups is 1. The lowest BCUT2D eigenvalue weighted by Crippen LogP contribution is -2.44. The monoisotopic (exact) mass is 747 g/mol. The first-order valence-corrected chi connectivity index (χ1v) is 19.2. The molecule has 1 aliphatic rings. The molecule has 8 heteroatoms. The molecule has 1 saturated heterocycles. The van der Waals surface area contributed by atoms with Gasteiger partial charge in [-0.2, -0.15) is 0 Å². The number of rotatable bonds is 13. The normalized spacial score (nSPS) is 18.6. The number of nitrogens with one attached hydrogen (secondary N) is 2. The highest BCUT2D eigenvalue weighted by atomic mass is 16.7. The minimum absolute atomic E-state index is 0.00434. The summed E-state index contributed by atoms with van der Waals surface area (Å²) in [5.41, 5.74) is 7.78. The van der Waals surface area contributed by atoms with Crippen molar-refractivity contribution in [1.82, 2.24) is 10.2 Å². The zero-order valence-electron chi connectivity index (χ0n) is 32.0. The molecule has 0 aromatic heterocycles. The van der Waals surface area contributed by atoms with Gasteiger partial charge in [0, 0.05) is 36.3 Å². The average Bonchev–Trinajstić information content (AvgIpc) is 3.25. The summed E-state index contributed by atoms with van der Waals surface area (Å²) in [5.74, 6) is 1.50. The van der Waals surface area contributed by atoms with Crippen LogP contribution in [0.3, 0.4) is 0 Å². The number of carbonyl (C=O) groups is 1. The first-order valence-electron chi connectivity index (χ1n) is 19.2. The summed E-state index contributed by atoms with van der Waals surface area (Å²) in [6.07, 6.45) is -0.916. The molecule has 1 fully saturated rings. The summed E-state index contributed by atoms with van der Waals surface area (Å²) in [6.45, 7) is 5.49. The third kappa shape index (κ3) is 9.72. The second-order valence-electron chi connectivity index (χ2n) is 14.4. The fourth-order valence-electron chi connectivity index (χ4n) is 7.07. The van der Waals surface area contributed by atoms with E-state index in [2.05, 4.69) is 103 Å². The summed E-state index contributed by atoms with van der Waals surface area (Å²) in [4.78, 5) is 15.2. The van der Waals surface area contributed by atoms with Crippen molar-refractivity contribution < 1.29 is 24.1 Å². The molecule has 0 bridgehead atoms. The number of nitrogens with zero attached hydrogens (tertiary/aromatic N) is 1. The Bertz CT molecular complexity index is 2160. The van der Waals surface area contributed by atoms with E-state index in [1.54, 1.807) is 0 Å². The number of hydrogen-bond acceptors (Lipinski definition) is 6. The van der Waals surface area contributed by atoms with E-state index in [1.165, 1.54) is 5.56 Å². The van der Waals surface area contributed by atoms with Crippen molar-refractivity contribution in [2.75, 3.05) is 18.9 Å². The smallest absolute Gasteiger partial charge is 0.319 e. The predicted molar refractivity (Wildman–Crippen MR) is 221 cm³/mol. The van der Waals surface area contributed by atoms with Crippen LogP contribution in [0, 0.1) is 5.92 Å². The Kier molecular flexibility index (Phi) is 12.5. The predicted octanol–water partition coefficient (Wildman–Crippen LogP) is 10.4. The number of likely N-dealkylation sites (N-methyl/N-ethyl adjacent to an activating group) is 1. The molecule has 3 N–H and O–H groups in total. The first-order chi connectivity index (χ1) is 27.3. The van der Waals surface area contributed by atoms with E-state index < -0.39 is 6.29 Å². The molecule has 0 unspecified atom stereocenters. The van der Waals surface area contributed by atoms with Crippen LogP contribution >= 0.6 is 0 Å². The largest absolute Gasteiger partial charge is 0.457 e. The SMILES string of the molecule is C[C@H]1[C@@H](CN(C)[C@@H](C)c2ccccc2)O[C@@H](c2cccc(-c3cccc(CNC(=O)Nc4ccc(Oc5ccccc5)cc4)c3)c2)O[C@H]1c1ccc(CO)cc1. The molecule has 0 aliphatic carbocycles. The molecule has 1 aliphatic heterocycles. The highest BCUT2D eigenvalue weighted by molar-refractivity contribution is 5.89. The third-order valence-corrected chi connectivity index (χ3v) is 10.5. The van der Waals surface area contributed by atoms with Crippen LogP contribution in [0.2, 0.25) is 0 Å². The summed E-state index contributed by atoms with van der Waals surface area (Å²) >= 11 is 0. The Morgan fingerprint density at radius 1 is 0.732 bits per heavy atom. The Labute approximate surface area is 329 Å². The van der Waals surface area contributed by atoms with Gasteiger partial charge in [-0.05, 0) is 95.9 Å². The van der Waals surface area contributed by atoms with Gasteiger partial charge in [0.05, 0.1) is 18.8 Å². The zero-order valence-corrected chi connectivity index (χ0v) is 32.0. The van der Waals surface area contributed by atoms with Crippen LogP contribution in [0.25, 0.3) is 11.1 Å². The molecule has 5 atom stereocenters. The highest BCUT2D eigenvalue weighted by Crippen LogP contribution is 2.43. The Hall–Kier alpha value is -5.77. The highest BCUT2D eigenvalue weighted by Gasteiger charge is 2.39. The van der Waals surface area contributed by atoms with E-state index in [0.29, 0.717) is 18.0 Å². The minimum atomic E-state index is -0.591. The van der Waals surface area contributed by atoms with Crippen LogP contribution in [0.5, 0.6) is 11.5 Å². The minimum Gasteiger partial charge on any atom is -0.457 e. The van der Waals surface area contributed by atoms with Gasteiger partial charge in [-0.15, -0.1) is 0 Å². The molecule has 8 nitrogen and oxygen atoms in total. The number of anilines is 1. The maximum Gasteiger partial charge on any atom is 0.319 e. The second-order valence-corrected chi connectivity index (χ2v) is 14.4. The van der Waals surface area contributed by atoms with Gasteiger partial charge < -0.3 is 30.0 Å². The number of carbonyl (C=O) groups excluding carboxylic acids is 1. The van der Waals surface area contributed by atoms with Crippen molar-refractivity contribution >= 4 is 11.7 Å². The van der Waals surface area contributed by atoms with E-state index >= 15 is 0 Å². The molecule has 6 aromatic rings. The number of para-hydroxylation sites is 1. The number of amides is 2. The lowest BCUT2D eigenvalue weighted by molar-refractivity contribution is -0.276. The molecule has 0 radical (unpaired) electrons. The Balaban J connectivity index is 1.03. The summed E-state index contributed by atoms with van der Waals surface area (Å²) < 4.78 is 19.5. The number of hydrogen-bond donors (Lipinski definition) is 3. The van der Waals surface area contributed by atoms with E-state index in [0.717, 1.165) is 45.7 Å². The lowest BCUT2D eigenvalue weighted by Gasteiger charge is -2.43. The Morgan fingerprint density at radius 2 is 1.39 bits per heavy atom. The van der Waals surface area contributed by atoms with Gasteiger partial charge in [-0.1, -0.05) is 116 Å². The van der Waals surface area contributed by atoms with Gasteiger partial charge in [-0.3, -0.25) is 4.90 Å². The van der Waals surface area contributed by atoms with Crippen molar-refractivity contribution in [1.29, 1.82) is 0 Å². The molecular formula is C48H49N3O5. The van der Waals surface area contributed by atoms with Gasteiger partial charge in [0.2, 0.25) is 0 Å². The number of urea groups is 1. The topological polar surface area (TPSA) is 92.3 Å². The van der Waals surface area contributed by atoms with E-state index in [1.807, 2.05) is 91.0 Å². The third-order valence-electron chi connectivity index (χ3n) is 10.5.